The number of aryl methyl sites for hydroxylation is 2. The molecule has 0 bridgehead atoms. The molecule has 0 aliphatic carbocycles. The summed E-state index contributed by atoms with van der Waals surface area (Å²) in [6, 6.07) is 19.3. The second-order valence-corrected chi connectivity index (χ2v) is 7.54. The van der Waals surface area contributed by atoms with Crippen molar-refractivity contribution in [3.8, 4) is 0 Å². The summed E-state index contributed by atoms with van der Waals surface area (Å²) in [5.74, 6) is 0. The van der Waals surface area contributed by atoms with Crippen molar-refractivity contribution in [2.24, 2.45) is 0 Å². The standard InChI is InChI=1S/C21H19ClO2S/c1-13-7-5-8-14(2)20(13)25-21(24)18(22)19(23)17-12-6-10-15-9-3-4-11-16(15)17/h3-12,18-19,23H,1-2H3/t18-,19+/m0/s1. The molecule has 0 unspecified atom stereocenters. The highest BCUT2D eigenvalue weighted by molar-refractivity contribution is 8.14. The molecule has 3 aromatic rings. The van der Waals surface area contributed by atoms with Crippen molar-refractivity contribution >= 4 is 39.3 Å². The molecule has 0 aliphatic heterocycles. The third-order valence-electron chi connectivity index (χ3n) is 4.26. The van der Waals surface area contributed by atoms with Gasteiger partial charge in [-0.15, -0.1) is 11.6 Å². The highest BCUT2D eigenvalue weighted by Gasteiger charge is 2.28. The van der Waals surface area contributed by atoms with Crippen LogP contribution < -0.4 is 0 Å². The molecule has 2 nitrogen and oxygen atoms in total. The zero-order valence-electron chi connectivity index (χ0n) is 14.1. The van der Waals surface area contributed by atoms with Gasteiger partial charge in [0.2, 0.25) is 5.12 Å². The van der Waals surface area contributed by atoms with Gasteiger partial charge in [0.05, 0.1) is 0 Å². The Labute approximate surface area is 156 Å². The number of hydrogen-bond acceptors (Lipinski definition) is 3. The predicted molar refractivity (Wildman–Crippen MR) is 105 cm³/mol. The molecule has 1 N–H and O–H groups in total. The molecule has 0 aliphatic rings. The number of aliphatic hydroxyl groups is 1. The molecule has 128 valence electrons. The largest absolute Gasteiger partial charge is 0.386 e. The third kappa shape index (κ3) is 3.74. The van der Waals surface area contributed by atoms with E-state index in [1.807, 2.05) is 74.5 Å². The van der Waals surface area contributed by atoms with Gasteiger partial charge in [0.25, 0.3) is 0 Å². The molecule has 0 saturated heterocycles. The minimum Gasteiger partial charge on any atom is -0.386 e. The number of fused-ring (bicyclic) bond motifs is 1. The molecule has 25 heavy (non-hydrogen) atoms. The number of carbonyl (C=O) groups is 1. The Morgan fingerprint density at radius 2 is 1.56 bits per heavy atom. The number of benzene rings is 3. The van der Waals surface area contributed by atoms with E-state index < -0.39 is 11.5 Å². The topological polar surface area (TPSA) is 37.3 Å². The number of halogens is 1. The van der Waals surface area contributed by atoms with E-state index >= 15 is 0 Å². The Morgan fingerprint density at radius 1 is 0.960 bits per heavy atom. The first kappa shape index (κ1) is 18.0. The number of alkyl halides is 1. The minimum atomic E-state index is -1.06. The summed E-state index contributed by atoms with van der Waals surface area (Å²) >= 11 is 7.45. The van der Waals surface area contributed by atoms with Gasteiger partial charge in [-0.3, -0.25) is 4.79 Å². The van der Waals surface area contributed by atoms with E-state index in [0.717, 1.165) is 38.6 Å². The first-order valence-electron chi connectivity index (χ1n) is 8.06. The monoisotopic (exact) mass is 370 g/mol. The van der Waals surface area contributed by atoms with Crippen LogP contribution in [0.25, 0.3) is 10.8 Å². The maximum atomic E-state index is 12.6. The SMILES string of the molecule is Cc1cccc(C)c1SC(=O)[C@@H](Cl)[C@H](O)c1cccc2ccccc12. The summed E-state index contributed by atoms with van der Waals surface area (Å²) in [4.78, 5) is 13.5. The Balaban J connectivity index is 1.86. The molecule has 4 heteroatoms. The lowest BCUT2D eigenvalue weighted by Crippen LogP contribution is -2.20. The smallest absolute Gasteiger partial charge is 0.214 e. The zero-order chi connectivity index (χ0) is 18.0. The van der Waals surface area contributed by atoms with Gasteiger partial charge in [-0.1, -0.05) is 60.7 Å². The van der Waals surface area contributed by atoms with Crippen LogP contribution in [0.4, 0.5) is 0 Å². The molecule has 3 aromatic carbocycles. The number of carbonyl (C=O) groups excluding carboxylic acids is 1. The van der Waals surface area contributed by atoms with Crippen LogP contribution in [0.2, 0.25) is 0 Å². The average molecular weight is 371 g/mol. The summed E-state index contributed by atoms with van der Waals surface area (Å²) in [5.41, 5.74) is 2.73. The van der Waals surface area contributed by atoms with Gasteiger partial charge in [0, 0.05) is 4.90 Å². The van der Waals surface area contributed by atoms with E-state index in [1.165, 1.54) is 0 Å². The van der Waals surface area contributed by atoms with Crippen molar-refractivity contribution in [3.63, 3.8) is 0 Å². The molecular weight excluding hydrogens is 352 g/mol. The van der Waals surface area contributed by atoms with Crippen LogP contribution in [0, 0.1) is 13.8 Å². The number of thioether (sulfide) groups is 1. The van der Waals surface area contributed by atoms with Gasteiger partial charge in [-0.25, -0.2) is 0 Å². The quantitative estimate of drug-likeness (QED) is 0.492. The van der Waals surface area contributed by atoms with E-state index in [-0.39, 0.29) is 5.12 Å². The zero-order valence-corrected chi connectivity index (χ0v) is 15.6. The summed E-state index contributed by atoms with van der Waals surface area (Å²) < 4.78 is 0. The Bertz CT molecular complexity index is 897. The van der Waals surface area contributed by atoms with Crippen LogP contribution in [0.5, 0.6) is 0 Å². The molecule has 0 aromatic heterocycles. The van der Waals surface area contributed by atoms with Crippen molar-refractivity contribution in [2.45, 2.75) is 30.2 Å². The lowest BCUT2D eigenvalue weighted by Gasteiger charge is -2.18. The average Bonchev–Trinajstić information content (AvgIpc) is 2.63. The summed E-state index contributed by atoms with van der Waals surface area (Å²) in [5, 5.41) is 11.4. The van der Waals surface area contributed by atoms with Crippen molar-refractivity contribution in [1.29, 1.82) is 0 Å². The lowest BCUT2D eigenvalue weighted by molar-refractivity contribution is -0.112. The van der Waals surface area contributed by atoms with E-state index in [1.54, 1.807) is 0 Å². The van der Waals surface area contributed by atoms with E-state index in [9.17, 15) is 9.90 Å². The molecule has 0 saturated carbocycles. The molecule has 0 radical (unpaired) electrons. The fraction of sp³-hybridized carbons (Fsp3) is 0.190. The van der Waals surface area contributed by atoms with Crippen molar-refractivity contribution in [3.05, 3.63) is 77.4 Å². The maximum absolute atomic E-state index is 12.6. The van der Waals surface area contributed by atoms with Crippen LogP contribution in [-0.4, -0.2) is 15.6 Å². The second kappa shape index (κ2) is 7.61. The van der Waals surface area contributed by atoms with Crippen LogP contribution in [0.3, 0.4) is 0 Å². The third-order valence-corrected chi connectivity index (χ3v) is 6.13. The summed E-state index contributed by atoms with van der Waals surface area (Å²) in [7, 11) is 0. The minimum absolute atomic E-state index is 0.250. The molecular formula is C21H19ClO2S. The number of aliphatic hydroxyl groups excluding tert-OH is 1. The van der Waals surface area contributed by atoms with Gasteiger partial charge in [-0.05, 0) is 53.1 Å². The van der Waals surface area contributed by atoms with Crippen molar-refractivity contribution in [2.75, 3.05) is 0 Å². The van der Waals surface area contributed by atoms with Crippen LogP contribution in [0.15, 0.2) is 65.6 Å². The molecule has 2 atom stereocenters. The normalized spacial score (nSPS) is 13.6. The van der Waals surface area contributed by atoms with Crippen LogP contribution in [-0.2, 0) is 4.79 Å². The number of hydrogen-bond donors (Lipinski definition) is 1. The summed E-state index contributed by atoms with van der Waals surface area (Å²) in [6.45, 7) is 3.93. The maximum Gasteiger partial charge on any atom is 0.214 e. The first-order chi connectivity index (χ1) is 12.0. The van der Waals surface area contributed by atoms with E-state index in [2.05, 4.69) is 0 Å². The Hall–Kier alpha value is -1.81. The Morgan fingerprint density at radius 3 is 2.28 bits per heavy atom. The first-order valence-corrected chi connectivity index (χ1v) is 9.32. The number of rotatable bonds is 4. The van der Waals surface area contributed by atoms with Gasteiger partial charge in [0.15, 0.2) is 0 Å². The second-order valence-electron chi connectivity index (χ2n) is 6.06. The highest BCUT2D eigenvalue weighted by Crippen LogP contribution is 2.34. The molecule has 0 heterocycles. The fourth-order valence-electron chi connectivity index (χ4n) is 2.91. The van der Waals surface area contributed by atoms with Gasteiger partial charge >= 0.3 is 0 Å². The fourth-order valence-corrected chi connectivity index (χ4v) is 4.08. The van der Waals surface area contributed by atoms with Gasteiger partial charge in [-0.2, -0.15) is 0 Å². The Kier molecular flexibility index (Phi) is 5.48. The summed E-state index contributed by atoms with van der Waals surface area (Å²) in [6.07, 6.45) is -1.06. The molecule has 0 spiro atoms. The lowest BCUT2D eigenvalue weighted by atomic mass is 9.99. The van der Waals surface area contributed by atoms with Gasteiger partial charge < -0.3 is 5.11 Å². The molecule has 0 fully saturated rings. The van der Waals surface area contributed by atoms with Gasteiger partial charge in [0.1, 0.15) is 11.5 Å². The van der Waals surface area contributed by atoms with Crippen LogP contribution >= 0.6 is 23.4 Å². The highest BCUT2D eigenvalue weighted by atomic mass is 35.5. The predicted octanol–water partition coefficient (Wildman–Crippen LogP) is 5.42. The van der Waals surface area contributed by atoms with Crippen LogP contribution in [0.1, 0.15) is 22.8 Å². The van der Waals surface area contributed by atoms with E-state index in [4.69, 9.17) is 11.6 Å². The van der Waals surface area contributed by atoms with E-state index in [0.29, 0.717) is 5.56 Å². The van der Waals surface area contributed by atoms with Crippen molar-refractivity contribution in [1.82, 2.24) is 0 Å². The van der Waals surface area contributed by atoms with Crippen molar-refractivity contribution < 1.29 is 9.90 Å². The molecule has 0 amide bonds. The molecule has 3 rings (SSSR count).